The topological polar surface area (TPSA) is 65.2 Å². The molecule has 2 rings (SSSR count). The van der Waals surface area contributed by atoms with Gasteiger partial charge >= 0.3 is 0 Å². The van der Waals surface area contributed by atoms with Crippen molar-refractivity contribution in [2.45, 2.75) is 39.8 Å². The fourth-order valence-electron chi connectivity index (χ4n) is 1.65. The van der Waals surface area contributed by atoms with E-state index in [0.29, 0.717) is 0 Å². The molecule has 2 N–H and O–H groups in total. The molecule has 25 heavy (non-hydrogen) atoms. The predicted molar refractivity (Wildman–Crippen MR) is 102 cm³/mol. The van der Waals surface area contributed by atoms with Crippen LogP contribution in [0.4, 0.5) is 0 Å². The van der Waals surface area contributed by atoms with E-state index >= 15 is 0 Å². The third-order valence-corrected chi connectivity index (χ3v) is 2.90. The van der Waals surface area contributed by atoms with Gasteiger partial charge in [0.05, 0.1) is 0 Å². The predicted octanol–water partition coefficient (Wildman–Crippen LogP) is 4.44. The van der Waals surface area contributed by atoms with Gasteiger partial charge in [0.1, 0.15) is 11.5 Å². The van der Waals surface area contributed by atoms with Crippen molar-refractivity contribution in [2.24, 2.45) is 9.98 Å². The molecule has 0 unspecified atom stereocenters. The van der Waals surface area contributed by atoms with Crippen molar-refractivity contribution >= 4 is 12.4 Å². The Morgan fingerprint density at radius 2 is 1.00 bits per heavy atom. The number of aromatic hydroxyl groups is 2. The van der Waals surface area contributed by atoms with Crippen molar-refractivity contribution in [2.75, 3.05) is 0 Å². The summed E-state index contributed by atoms with van der Waals surface area (Å²) in [5, 5.41) is 18.7. The molecule has 0 spiro atoms. The van der Waals surface area contributed by atoms with E-state index in [9.17, 15) is 10.2 Å². The Labute approximate surface area is 160 Å². The van der Waals surface area contributed by atoms with Crippen LogP contribution in [0.5, 0.6) is 11.5 Å². The maximum atomic E-state index is 9.33. The van der Waals surface area contributed by atoms with Gasteiger partial charge in [0.15, 0.2) is 0 Å². The molecule has 2 aromatic rings. The number of hydrogen-bond acceptors (Lipinski definition) is 4. The zero-order valence-electron chi connectivity index (χ0n) is 15.0. The summed E-state index contributed by atoms with van der Waals surface area (Å²) in [6.07, 6.45) is 3.39. The molecule has 0 aliphatic rings. The van der Waals surface area contributed by atoms with Gasteiger partial charge in [0.2, 0.25) is 0 Å². The van der Waals surface area contributed by atoms with Gasteiger partial charge in [-0.25, -0.2) is 0 Å². The fourth-order valence-corrected chi connectivity index (χ4v) is 1.65. The third-order valence-electron chi connectivity index (χ3n) is 2.90. The SMILES string of the molecule is CC(C)N=Cc1ccccc1O.CC(C)N=Cc1ccccc1O.[Ni]. The fraction of sp³-hybridized carbons (Fsp3) is 0.300. The number of aliphatic imine (C=N–C) groups is 2. The first-order valence-electron chi connectivity index (χ1n) is 8.02. The molecule has 0 heterocycles. The minimum Gasteiger partial charge on any atom is -0.507 e. The second-order valence-corrected chi connectivity index (χ2v) is 5.86. The first-order valence-corrected chi connectivity index (χ1v) is 8.02. The van der Waals surface area contributed by atoms with Gasteiger partial charge in [-0.05, 0) is 52.0 Å². The Balaban J connectivity index is 0.000000443. The summed E-state index contributed by atoms with van der Waals surface area (Å²) in [6.45, 7) is 7.99. The van der Waals surface area contributed by atoms with Gasteiger partial charge in [-0.2, -0.15) is 0 Å². The average molecular weight is 385 g/mol. The minimum absolute atomic E-state index is 0. The second-order valence-electron chi connectivity index (χ2n) is 5.86. The van der Waals surface area contributed by atoms with Crippen molar-refractivity contribution in [1.29, 1.82) is 0 Å². The Bertz CT molecular complexity index is 623. The first-order chi connectivity index (χ1) is 11.4. The van der Waals surface area contributed by atoms with E-state index in [0.717, 1.165) is 11.1 Å². The third kappa shape index (κ3) is 9.68. The van der Waals surface area contributed by atoms with Crippen LogP contribution in [0.3, 0.4) is 0 Å². The zero-order chi connectivity index (χ0) is 17.9. The molecule has 0 aliphatic heterocycles. The van der Waals surface area contributed by atoms with E-state index in [-0.39, 0.29) is 40.1 Å². The van der Waals surface area contributed by atoms with Crippen LogP contribution in [0.15, 0.2) is 58.5 Å². The zero-order valence-corrected chi connectivity index (χ0v) is 16.0. The summed E-state index contributed by atoms with van der Waals surface area (Å²) in [7, 11) is 0. The molecular weight excluding hydrogens is 359 g/mol. The van der Waals surface area contributed by atoms with E-state index < -0.39 is 0 Å². The molecule has 0 saturated carbocycles. The Morgan fingerprint density at radius 3 is 1.28 bits per heavy atom. The van der Waals surface area contributed by atoms with Crippen molar-refractivity contribution < 1.29 is 26.7 Å². The van der Waals surface area contributed by atoms with E-state index in [1.54, 1.807) is 36.7 Å². The Hall–Kier alpha value is -2.13. The van der Waals surface area contributed by atoms with Crippen LogP contribution in [0.2, 0.25) is 0 Å². The number of benzene rings is 2. The van der Waals surface area contributed by atoms with Gasteiger partial charge in [-0.3, -0.25) is 9.98 Å². The summed E-state index contributed by atoms with van der Waals surface area (Å²) in [4.78, 5) is 8.34. The maximum absolute atomic E-state index is 9.33. The number of para-hydroxylation sites is 2. The van der Waals surface area contributed by atoms with Crippen LogP contribution < -0.4 is 0 Å². The van der Waals surface area contributed by atoms with Gasteiger partial charge < -0.3 is 10.2 Å². The molecule has 0 bridgehead atoms. The van der Waals surface area contributed by atoms with Crippen LogP contribution in [-0.2, 0) is 16.5 Å². The molecule has 0 radical (unpaired) electrons. The van der Waals surface area contributed by atoms with E-state index in [4.69, 9.17) is 0 Å². The molecule has 4 nitrogen and oxygen atoms in total. The van der Waals surface area contributed by atoms with Crippen molar-refractivity contribution in [3.63, 3.8) is 0 Å². The van der Waals surface area contributed by atoms with E-state index in [2.05, 4.69) is 9.98 Å². The maximum Gasteiger partial charge on any atom is 0.124 e. The molecule has 0 saturated heterocycles. The summed E-state index contributed by atoms with van der Waals surface area (Å²) in [5.41, 5.74) is 1.54. The second kappa shape index (κ2) is 12.3. The first kappa shape index (κ1) is 22.9. The van der Waals surface area contributed by atoms with E-state index in [1.807, 2.05) is 52.0 Å². The average Bonchev–Trinajstić information content (AvgIpc) is 2.54. The Morgan fingerprint density at radius 1 is 0.680 bits per heavy atom. The molecule has 0 amide bonds. The summed E-state index contributed by atoms with van der Waals surface area (Å²) >= 11 is 0. The molecule has 138 valence electrons. The largest absolute Gasteiger partial charge is 0.507 e. The van der Waals surface area contributed by atoms with Crippen LogP contribution in [0.1, 0.15) is 38.8 Å². The molecule has 2 aromatic carbocycles. The number of phenolic OH excluding ortho intramolecular Hbond substituents is 2. The quantitative estimate of drug-likeness (QED) is 0.604. The smallest absolute Gasteiger partial charge is 0.124 e. The van der Waals surface area contributed by atoms with Gasteiger partial charge in [0, 0.05) is 52.1 Å². The van der Waals surface area contributed by atoms with Gasteiger partial charge in [0.25, 0.3) is 0 Å². The van der Waals surface area contributed by atoms with Crippen molar-refractivity contribution in [3.05, 3.63) is 59.7 Å². The molecule has 0 aliphatic carbocycles. The minimum atomic E-state index is 0. The van der Waals surface area contributed by atoms with Gasteiger partial charge in [-0.15, -0.1) is 0 Å². The molecule has 0 aromatic heterocycles. The van der Waals surface area contributed by atoms with Crippen LogP contribution in [0, 0.1) is 0 Å². The molecule has 0 fully saturated rings. The number of hydrogen-bond donors (Lipinski definition) is 2. The van der Waals surface area contributed by atoms with E-state index in [1.165, 1.54) is 0 Å². The monoisotopic (exact) mass is 384 g/mol. The van der Waals surface area contributed by atoms with Crippen molar-refractivity contribution in [3.8, 4) is 11.5 Å². The van der Waals surface area contributed by atoms with Crippen LogP contribution >= 0.6 is 0 Å². The summed E-state index contributed by atoms with van der Waals surface area (Å²) in [5.74, 6) is 0.559. The number of phenols is 2. The normalized spacial score (nSPS) is 10.8. The van der Waals surface area contributed by atoms with Gasteiger partial charge in [-0.1, -0.05) is 24.3 Å². The summed E-state index contributed by atoms with van der Waals surface area (Å²) in [6, 6.07) is 14.9. The van der Waals surface area contributed by atoms with Crippen LogP contribution in [0.25, 0.3) is 0 Å². The number of rotatable bonds is 4. The standard InChI is InChI=1S/2C10H13NO.Ni/c2*1-8(2)11-7-9-5-3-4-6-10(9)12;/h2*3-8,12H,1-2H3;. The summed E-state index contributed by atoms with van der Waals surface area (Å²) < 4.78 is 0. The molecular formula is C20H26N2NiO2. The van der Waals surface area contributed by atoms with Crippen molar-refractivity contribution in [1.82, 2.24) is 0 Å². The molecule has 0 atom stereocenters. The molecule has 5 heteroatoms. The number of nitrogens with zero attached hydrogens (tertiary/aromatic N) is 2. The van der Waals surface area contributed by atoms with Crippen LogP contribution in [-0.4, -0.2) is 34.7 Å². The Kier molecular flexibility index (Phi) is 11.2.